The monoisotopic (exact) mass is 565 g/mol. The van der Waals surface area contributed by atoms with Crippen LogP contribution in [0.1, 0.15) is 11.1 Å². The Hall–Kier alpha value is -3.39. The first-order chi connectivity index (χ1) is 19.3. The summed E-state index contributed by atoms with van der Waals surface area (Å²) in [4.78, 5) is 25.2. The molecule has 0 spiro atoms. The summed E-state index contributed by atoms with van der Waals surface area (Å²) in [5.41, 5.74) is 10.9. The fourth-order valence-corrected chi connectivity index (χ4v) is 6.34. The molecule has 0 radical (unpaired) electrons. The lowest BCUT2D eigenvalue weighted by molar-refractivity contribution is 0.122. The molecule has 2 N–H and O–H groups in total. The van der Waals surface area contributed by atoms with Crippen LogP contribution in [0.15, 0.2) is 36.7 Å². The lowest BCUT2D eigenvalue weighted by Crippen LogP contribution is -2.48. The SMILES string of the molecule is CS(=O)(=O)N1CCN(CCc2ccc(N3CCc4c(-c5cnc(N)nc5)nc(N5CCOCC5)nc43)cc2)CC1. The second kappa shape index (κ2) is 11.2. The molecule has 1 aromatic carbocycles. The second-order valence-electron chi connectivity index (χ2n) is 10.4. The molecule has 3 aromatic rings. The number of nitrogens with zero attached hydrogens (tertiary/aromatic N) is 8. The van der Waals surface area contributed by atoms with Crippen molar-refractivity contribution in [2.75, 3.05) is 87.4 Å². The van der Waals surface area contributed by atoms with Gasteiger partial charge < -0.3 is 25.2 Å². The number of fused-ring (bicyclic) bond motifs is 1. The molecule has 0 saturated carbocycles. The highest BCUT2D eigenvalue weighted by atomic mass is 32.2. The van der Waals surface area contributed by atoms with E-state index >= 15 is 0 Å². The highest BCUT2D eigenvalue weighted by Gasteiger charge is 2.29. The summed E-state index contributed by atoms with van der Waals surface area (Å²) < 4.78 is 30.7. The number of sulfonamides is 1. The smallest absolute Gasteiger partial charge is 0.228 e. The number of hydrogen-bond acceptors (Lipinski definition) is 11. The van der Waals surface area contributed by atoms with Crippen molar-refractivity contribution in [3.8, 4) is 11.3 Å². The average molecular weight is 566 g/mol. The Bertz CT molecular complexity index is 1440. The van der Waals surface area contributed by atoms with Crippen molar-refractivity contribution in [2.45, 2.75) is 12.8 Å². The maximum absolute atomic E-state index is 11.8. The summed E-state index contributed by atoms with van der Waals surface area (Å²) in [6.07, 6.45) is 6.48. The Morgan fingerprint density at radius 1 is 0.925 bits per heavy atom. The number of morpholine rings is 1. The summed E-state index contributed by atoms with van der Waals surface area (Å²) in [5, 5.41) is 0. The van der Waals surface area contributed by atoms with E-state index in [1.807, 2.05) is 0 Å². The number of nitrogens with two attached hydrogens (primary N) is 1. The molecule has 5 heterocycles. The van der Waals surface area contributed by atoms with Crippen molar-refractivity contribution in [3.05, 3.63) is 47.8 Å². The average Bonchev–Trinajstić information content (AvgIpc) is 3.41. The van der Waals surface area contributed by atoms with Gasteiger partial charge in [0.1, 0.15) is 5.82 Å². The van der Waals surface area contributed by atoms with Crippen LogP contribution in [-0.2, 0) is 27.6 Å². The number of nitrogen functional groups attached to an aromatic ring is 1. The van der Waals surface area contributed by atoms with E-state index in [1.165, 1.54) is 11.8 Å². The van der Waals surface area contributed by atoms with Crippen molar-refractivity contribution in [1.29, 1.82) is 0 Å². The molecule has 0 amide bonds. The molecule has 6 rings (SSSR count). The number of aromatic nitrogens is 4. The van der Waals surface area contributed by atoms with Gasteiger partial charge in [0.25, 0.3) is 0 Å². The number of benzene rings is 1. The van der Waals surface area contributed by atoms with Gasteiger partial charge in [0.15, 0.2) is 0 Å². The third kappa shape index (κ3) is 5.73. The van der Waals surface area contributed by atoms with Crippen molar-refractivity contribution < 1.29 is 13.2 Å². The van der Waals surface area contributed by atoms with Crippen LogP contribution in [0.4, 0.5) is 23.4 Å². The topological polar surface area (TPSA) is 134 Å². The van der Waals surface area contributed by atoms with Crippen LogP contribution < -0.4 is 15.5 Å². The maximum atomic E-state index is 11.8. The van der Waals surface area contributed by atoms with Gasteiger partial charge in [0, 0.05) is 81.6 Å². The zero-order valence-electron chi connectivity index (χ0n) is 22.7. The van der Waals surface area contributed by atoms with Crippen LogP contribution >= 0.6 is 0 Å². The minimum absolute atomic E-state index is 0.237. The van der Waals surface area contributed by atoms with Crippen molar-refractivity contribution in [3.63, 3.8) is 0 Å². The lowest BCUT2D eigenvalue weighted by atomic mass is 10.1. The van der Waals surface area contributed by atoms with Gasteiger partial charge in [-0.2, -0.15) is 9.29 Å². The second-order valence-corrected chi connectivity index (χ2v) is 12.4. The van der Waals surface area contributed by atoms with Crippen LogP contribution in [0.2, 0.25) is 0 Å². The highest BCUT2D eigenvalue weighted by Crippen LogP contribution is 2.39. The Morgan fingerprint density at radius 3 is 2.30 bits per heavy atom. The minimum Gasteiger partial charge on any atom is -0.378 e. The van der Waals surface area contributed by atoms with Gasteiger partial charge in [0.05, 0.1) is 25.2 Å². The van der Waals surface area contributed by atoms with Gasteiger partial charge in [-0.3, -0.25) is 0 Å². The predicted molar refractivity (Wildman–Crippen MR) is 154 cm³/mol. The molecule has 3 aliphatic heterocycles. The molecule has 3 aliphatic rings. The first kappa shape index (κ1) is 26.8. The summed E-state index contributed by atoms with van der Waals surface area (Å²) in [6.45, 7) is 7.16. The molecule has 12 nitrogen and oxygen atoms in total. The first-order valence-electron chi connectivity index (χ1n) is 13.7. The maximum Gasteiger partial charge on any atom is 0.228 e. The molecular weight excluding hydrogens is 530 g/mol. The Balaban J connectivity index is 1.20. The van der Waals surface area contributed by atoms with Gasteiger partial charge in [-0.05, 0) is 30.5 Å². The third-order valence-electron chi connectivity index (χ3n) is 7.82. The Kier molecular flexibility index (Phi) is 7.53. The standard InChI is InChI=1S/C27H35N9O3S/c1-40(37,38)35-12-10-33(11-13-35)8-6-20-2-4-22(5-3-20)36-9-7-23-24(21-18-29-26(28)30-19-21)31-27(32-25(23)36)34-14-16-39-17-15-34/h2-5,18-19H,6-17H2,1H3,(H2,28,29,30). The van der Waals surface area contributed by atoms with Crippen LogP contribution in [0, 0.1) is 0 Å². The Labute approximate surface area is 234 Å². The zero-order chi connectivity index (χ0) is 27.7. The molecule has 40 heavy (non-hydrogen) atoms. The van der Waals surface area contributed by atoms with E-state index in [0.29, 0.717) is 32.3 Å². The minimum atomic E-state index is -3.11. The molecule has 2 fully saturated rings. The summed E-state index contributed by atoms with van der Waals surface area (Å²) in [5.74, 6) is 1.84. The number of hydrogen-bond donors (Lipinski definition) is 1. The van der Waals surface area contributed by atoms with Gasteiger partial charge in [-0.15, -0.1) is 0 Å². The van der Waals surface area contributed by atoms with Gasteiger partial charge in [0.2, 0.25) is 21.9 Å². The summed E-state index contributed by atoms with van der Waals surface area (Å²) in [6, 6.07) is 8.68. The molecule has 0 atom stereocenters. The predicted octanol–water partition coefficient (Wildman–Crippen LogP) is 1.17. The van der Waals surface area contributed by atoms with E-state index in [-0.39, 0.29) is 5.95 Å². The third-order valence-corrected chi connectivity index (χ3v) is 9.12. The van der Waals surface area contributed by atoms with E-state index < -0.39 is 10.0 Å². The summed E-state index contributed by atoms with van der Waals surface area (Å²) >= 11 is 0. The van der Waals surface area contributed by atoms with Crippen LogP contribution in [0.5, 0.6) is 0 Å². The number of ether oxygens (including phenoxy) is 1. The normalized spacial score (nSPS) is 18.7. The van der Waals surface area contributed by atoms with Gasteiger partial charge in [-0.25, -0.2) is 23.4 Å². The quantitative estimate of drug-likeness (QED) is 0.442. The van der Waals surface area contributed by atoms with Crippen molar-refractivity contribution in [1.82, 2.24) is 29.1 Å². The van der Waals surface area contributed by atoms with E-state index in [9.17, 15) is 8.42 Å². The fourth-order valence-electron chi connectivity index (χ4n) is 5.51. The number of piperazine rings is 1. The van der Waals surface area contributed by atoms with Crippen LogP contribution in [0.3, 0.4) is 0 Å². The van der Waals surface area contributed by atoms with E-state index in [1.54, 1.807) is 16.7 Å². The number of rotatable bonds is 7. The number of anilines is 4. The summed E-state index contributed by atoms with van der Waals surface area (Å²) in [7, 11) is -3.11. The largest absolute Gasteiger partial charge is 0.378 e. The molecular formula is C27H35N9O3S. The molecule has 13 heteroatoms. The van der Waals surface area contributed by atoms with Crippen molar-refractivity contribution in [2.24, 2.45) is 0 Å². The molecule has 2 aromatic heterocycles. The van der Waals surface area contributed by atoms with Crippen LogP contribution in [0.25, 0.3) is 11.3 Å². The molecule has 2 saturated heterocycles. The van der Waals surface area contributed by atoms with E-state index in [0.717, 1.165) is 80.4 Å². The first-order valence-corrected chi connectivity index (χ1v) is 15.6. The van der Waals surface area contributed by atoms with E-state index in [4.69, 9.17) is 20.4 Å². The van der Waals surface area contributed by atoms with Gasteiger partial charge in [-0.1, -0.05) is 12.1 Å². The zero-order valence-corrected chi connectivity index (χ0v) is 23.6. The highest BCUT2D eigenvalue weighted by molar-refractivity contribution is 7.88. The van der Waals surface area contributed by atoms with Gasteiger partial charge >= 0.3 is 0 Å². The van der Waals surface area contributed by atoms with Crippen molar-refractivity contribution >= 4 is 33.4 Å². The molecule has 0 unspecified atom stereocenters. The fraction of sp³-hybridized carbons (Fsp3) is 0.481. The Morgan fingerprint density at radius 2 is 1.62 bits per heavy atom. The molecule has 0 aliphatic carbocycles. The molecule has 212 valence electrons. The lowest BCUT2D eigenvalue weighted by Gasteiger charge is -2.33. The molecule has 0 bridgehead atoms. The van der Waals surface area contributed by atoms with E-state index in [2.05, 4.69) is 48.9 Å². The van der Waals surface area contributed by atoms with Crippen LogP contribution in [-0.4, -0.2) is 109 Å².